The number of nitrogens with one attached hydrogen (secondary N) is 1. The van der Waals surface area contributed by atoms with Gasteiger partial charge in [0.1, 0.15) is 11.8 Å². The second-order valence-corrected chi connectivity index (χ2v) is 8.65. The van der Waals surface area contributed by atoms with Crippen LogP contribution in [-0.2, 0) is 0 Å². The Morgan fingerprint density at radius 1 is 0.909 bits per heavy atom. The molecule has 5 nitrogen and oxygen atoms in total. The topological polar surface area (TPSA) is 42.3 Å². The lowest BCUT2D eigenvalue weighted by Crippen LogP contribution is -2.30. The SMILES string of the molecule is COc1ccc(N2C(=S)NC(c3ccccn3)C2c2cccn2-c2ccc(C)c(C)c2)cc1. The molecule has 0 spiro atoms. The third-order valence-electron chi connectivity index (χ3n) is 6.30. The maximum absolute atomic E-state index is 5.86. The fourth-order valence-corrected chi connectivity index (χ4v) is 4.77. The van der Waals surface area contributed by atoms with Gasteiger partial charge < -0.3 is 19.5 Å². The van der Waals surface area contributed by atoms with Crippen LogP contribution in [-0.4, -0.2) is 21.8 Å². The van der Waals surface area contributed by atoms with Gasteiger partial charge in [-0.1, -0.05) is 12.1 Å². The average molecular weight is 455 g/mol. The van der Waals surface area contributed by atoms with Crippen LogP contribution in [0.25, 0.3) is 5.69 Å². The van der Waals surface area contributed by atoms with Crippen molar-refractivity contribution in [1.82, 2.24) is 14.9 Å². The first-order valence-electron chi connectivity index (χ1n) is 11.0. The molecule has 0 aliphatic carbocycles. The van der Waals surface area contributed by atoms with Crippen molar-refractivity contribution >= 4 is 23.0 Å². The van der Waals surface area contributed by atoms with Gasteiger partial charge in [-0.3, -0.25) is 4.98 Å². The third-order valence-corrected chi connectivity index (χ3v) is 6.62. The van der Waals surface area contributed by atoms with Gasteiger partial charge in [-0.15, -0.1) is 0 Å². The molecule has 1 aliphatic heterocycles. The van der Waals surface area contributed by atoms with E-state index in [1.165, 1.54) is 11.1 Å². The molecule has 1 aliphatic rings. The molecule has 33 heavy (non-hydrogen) atoms. The summed E-state index contributed by atoms with van der Waals surface area (Å²) in [6.45, 7) is 4.28. The van der Waals surface area contributed by atoms with E-state index in [0.717, 1.165) is 28.5 Å². The number of ether oxygens (including phenoxy) is 1. The van der Waals surface area contributed by atoms with Crippen molar-refractivity contribution in [2.45, 2.75) is 25.9 Å². The smallest absolute Gasteiger partial charge is 0.174 e. The summed E-state index contributed by atoms with van der Waals surface area (Å²) in [6.07, 6.45) is 3.94. The molecular weight excluding hydrogens is 428 g/mol. The van der Waals surface area contributed by atoms with Crippen molar-refractivity contribution in [3.05, 3.63) is 108 Å². The van der Waals surface area contributed by atoms with Gasteiger partial charge in [0, 0.05) is 29.5 Å². The number of benzene rings is 2. The van der Waals surface area contributed by atoms with Crippen molar-refractivity contribution in [3.8, 4) is 11.4 Å². The van der Waals surface area contributed by atoms with Crippen LogP contribution in [0.1, 0.15) is 34.6 Å². The van der Waals surface area contributed by atoms with E-state index in [4.69, 9.17) is 17.0 Å². The molecule has 1 saturated heterocycles. The second kappa shape index (κ2) is 8.71. The first kappa shape index (κ1) is 21.2. The first-order valence-corrected chi connectivity index (χ1v) is 11.4. The van der Waals surface area contributed by atoms with Crippen molar-refractivity contribution in [2.24, 2.45) is 0 Å². The first-order chi connectivity index (χ1) is 16.1. The van der Waals surface area contributed by atoms with E-state index in [0.29, 0.717) is 5.11 Å². The monoisotopic (exact) mass is 454 g/mol. The van der Waals surface area contributed by atoms with Gasteiger partial charge in [0.25, 0.3) is 0 Å². The van der Waals surface area contributed by atoms with Crippen molar-refractivity contribution < 1.29 is 4.74 Å². The Morgan fingerprint density at radius 2 is 1.70 bits per heavy atom. The molecule has 1 N–H and O–H groups in total. The van der Waals surface area contributed by atoms with Crippen LogP contribution < -0.4 is 15.0 Å². The number of thiocarbonyl (C=S) groups is 1. The summed E-state index contributed by atoms with van der Waals surface area (Å²) in [5.74, 6) is 0.813. The van der Waals surface area contributed by atoms with Gasteiger partial charge in [0.2, 0.25) is 0 Å². The molecular formula is C27H26N4OS. The van der Waals surface area contributed by atoms with E-state index in [9.17, 15) is 0 Å². The molecule has 2 unspecified atom stereocenters. The molecule has 6 heteroatoms. The van der Waals surface area contributed by atoms with Gasteiger partial charge in [-0.05, 0) is 97.9 Å². The number of nitrogens with zero attached hydrogens (tertiary/aromatic N) is 3. The Kier molecular flexibility index (Phi) is 5.60. The molecule has 0 amide bonds. The maximum atomic E-state index is 5.86. The van der Waals surface area contributed by atoms with E-state index in [1.54, 1.807) is 7.11 Å². The van der Waals surface area contributed by atoms with Crippen LogP contribution in [0, 0.1) is 13.8 Å². The van der Waals surface area contributed by atoms with Crippen molar-refractivity contribution in [1.29, 1.82) is 0 Å². The minimum atomic E-state index is -0.0963. The van der Waals surface area contributed by atoms with E-state index < -0.39 is 0 Å². The molecule has 2 atom stereocenters. The van der Waals surface area contributed by atoms with Gasteiger partial charge >= 0.3 is 0 Å². The second-order valence-electron chi connectivity index (χ2n) is 8.27. The minimum absolute atomic E-state index is 0.0857. The number of rotatable bonds is 5. The summed E-state index contributed by atoms with van der Waals surface area (Å²) in [6, 6.07) is 24.7. The number of anilines is 1. The Balaban J connectivity index is 1.65. The molecule has 2 aromatic carbocycles. The summed E-state index contributed by atoms with van der Waals surface area (Å²) in [4.78, 5) is 6.84. The van der Waals surface area contributed by atoms with Gasteiger partial charge in [0.15, 0.2) is 5.11 Å². The highest BCUT2D eigenvalue weighted by molar-refractivity contribution is 7.80. The fraction of sp³-hybridized carbons (Fsp3) is 0.185. The predicted molar refractivity (Wildman–Crippen MR) is 136 cm³/mol. The zero-order chi connectivity index (χ0) is 22.9. The molecule has 4 aromatic rings. The molecule has 0 bridgehead atoms. The Hall–Kier alpha value is -3.64. The highest BCUT2D eigenvalue weighted by Gasteiger charge is 2.42. The number of pyridine rings is 1. The predicted octanol–water partition coefficient (Wildman–Crippen LogP) is 5.67. The zero-order valence-electron chi connectivity index (χ0n) is 18.9. The fourth-order valence-electron chi connectivity index (χ4n) is 4.42. The minimum Gasteiger partial charge on any atom is -0.497 e. The summed E-state index contributed by atoms with van der Waals surface area (Å²) < 4.78 is 7.61. The largest absolute Gasteiger partial charge is 0.497 e. The molecule has 166 valence electrons. The standard InChI is InChI=1S/C27H26N4OS/c1-18-9-10-21(17-19(18)2)30-16-6-8-24(30)26-25(23-7-4-5-15-28-23)29-27(33)31(26)20-11-13-22(32-3)14-12-20/h4-17,25-26H,1-3H3,(H,29,33). The number of hydrogen-bond acceptors (Lipinski definition) is 3. The molecule has 0 saturated carbocycles. The highest BCUT2D eigenvalue weighted by atomic mass is 32.1. The van der Waals surface area contributed by atoms with Crippen LogP contribution in [0.4, 0.5) is 5.69 Å². The van der Waals surface area contributed by atoms with Gasteiger partial charge in [-0.2, -0.15) is 0 Å². The van der Waals surface area contributed by atoms with Crippen LogP contribution in [0.3, 0.4) is 0 Å². The molecule has 3 heterocycles. The summed E-state index contributed by atoms with van der Waals surface area (Å²) in [5, 5.41) is 4.21. The van der Waals surface area contributed by atoms with Crippen LogP contribution in [0.5, 0.6) is 5.75 Å². The van der Waals surface area contributed by atoms with Crippen molar-refractivity contribution in [3.63, 3.8) is 0 Å². The number of hydrogen-bond donors (Lipinski definition) is 1. The number of aromatic nitrogens is 2. The molecule has 1 fully saturated rings. The Bertz CT molecular complexity index is 1280. The number of methoxy groups -OCH3 is 1. The van der Waals surface area contributed by atoms with E-state index in [2.05, 4.69) is 70.1 Å². The van der Waals surface area contributed by atoms with Gasteiger partial charge in [0.05, 0.1) is 18.8 Å². The zero-order valence-corrected chi connectivity index (χ0v) is 19.7. The van der Waals surface area contributed by atoms with E-state index in [1.807, 2.05) is 48.7 Å². The highest BCUT2D eigenvalue weighted by Crippen LogP contribution is 2.42. The molecule has 5 rings (SSSR count). The third kappa shape index (κ3) is 3.87. The van der Waals surface area contributed by atoms with E-state index in [-0.39, 0.29) is 12.1 Å². The molecule has 2 aromatic heterocycles. The average Bonchev–Trinajstić information content (AvgIpc) is 3.46. The number of aryl methyl sites for hydroxylation is 2. The Labute approximate surface area is 199 Å². The summed E-state index contributed by atoms with van der Waals surface area (Å²) >= 11 is 5.86. The van der Waals surface area contributed by atoms with Crippen LogP contribution in [0.15, 0.2) is 85.2 Å². The summed E-state index contributed by atoms with van der Waals surface area (Å²) in [7, 11) is 1.67. The lowest BCUT2D eigenvalue weighted by atomic mass is 10.0. The lowest BCUT2D eigenvalue weighted by Gasteiger charge is -2.29. The molecule has 0 radical (unpaired) electrons. The normalized spacial score (nSPS) is 17.8. The lowest BCUT2D eigenvalue weighted by molar-refractivity contribution is 0.415. The van der Waals surface area contributed by atoms with Crippen LogP contribution >= 0.6 is 12.2 Å². The van der Waals surface area contributed by atoms with E-state index >= 15 is 0 Å². The quantitative estimate of drug-likeness (QED) is 0.393. The van der Waals surface area contributed by atoms with Crippen molar-refractivity contribution in [2.75, 3.05) is 12.0 Å². The van der Waals surface area contributed by atoms with Gasteiger partial charge in [-0.25, -0.2) is 0 Å². The van der Waals surface area contributed by atoms with Crippen LogP contribution in [0.2, 0.25) is 0 Å². The summed E-state index contributed by atoms with van der Waals surface area (Å²) in [5.41, 5.74) is 6.77. The Morgan fingerprint density at radius 3 is 2.39 bits per heavy atom. The maximum Gasteiger partial charge on any atom is 0.174 e.